The molecule has 0 spiro atoms. The predicted octanol–water partition coefficient (Wildman–Crippen LogP) is 2.41. The summed E-state index contributed by atoms with van der Waals surface area (Å²) in [7, 11) is 0. The average Bonchev–Trinajstić information content (AvgIpc) is 2.30. The number of hydrogen-bond donors (Lipinski definition) is 0. The molecule has 0 saturated carbocycles. The minimum absolute atomic E-state index is 0.454. The van der Waals surface area contributed by atoms with Gasteiger partial charge in [-0.3, -0.25) is 4.79 Å². The molecule has 3 radical (unpaired) electrons. The normalized spacial score (nSPS) is 9.71. The lowest BCUT2D eigenvalue weighted by Crippen LogP contribution is -1.86. The van der Waals surface area contributed by atoms with Crippen LogP contribution in [0.1, 0.15) is 5.56 Å². The maximum absolute atomic E-state index is 10.6. The zero-order valence-electron chi connectivity index (χ0n) is 7.45. The van der Waals surface area contributed by atoms with Crippen molar-refractivity contribution in [2.75, 3.05) is 0 Å². The van der Waals surface area contributed by atoms with Crippen molar-refractivity contribution in [1.82, 2.24) is 0 Å². The van der Waals surface area contributed by atoms with E-state index in [0.717, 1.165) is 11.1 Å². The number of benzene rings is 2. The van der Waals surface area contributed by atoms with Crippen LogP contribution < -0.4 is 0 Å². The first-order valence-corrected chi connectivity index (χ1v) is 4.28. The maximum Gasteiger partial charge on any atom is 0.234 e. The highest BCUT2D eigenvalue weighted by atomic mass is 16.1. The molecule has 0 fully saturated rings. The largest absolute Gasteiger partial charge is 0.285 e. The van der Waals surface area contributed by atoms with E-state index in [0.29, 0.717) is 5.56 Å². The molecule has 0 amide bonds. The first kappa shape index (κ1) is 8.70. The van der Waals surface area contributed by atoms with Crippen molar-refractivity contribution in [3.63, 3.8) is 0 Å². The van der Waals surface area contributed by atoms with E-state index in [1.165, 1.54) is 0 Å². The van der Waals surface area contributed by atoms with Gasteiger partial charge in [-0.1, -0.05) is 42.5 Å². The molecule has 0 unspecified atom stereocenters. The van der Waals surface area contributed by atoms with Crippen molar-refractivity contribution >= 4 is 6.29 Å². The third kappa shape index (κ3) is 1.57. The predicted molar refractivity (Wildman–Crippen MR) is 54.3 cm³/mol. The van der Waals surface area contributed by atoms with Gasteiger partial charge in [0.15, 0.2) is 0 Å². The van der Waals surface area contributed by atoms with Crippen molar-refractivity contribution < 1.29 is 4.79 Å². The molecule has 0 aromatic heterocycles. The molecule has 0 aliphatic carbocycles. The Balaban J connectivity index is 2.57. The highest BCUT2D eigenvalue weighted by Gasteiger charge is 2.03. The Bertz CT molecular complexity index is 432. The van der Waals surface area contributed by atoms with Crippen LogP contribution in [-0.2, 0) is 4.79 Å². The molecule has 0 heterocycles. The second-order valence-corrected chi connectivity index (χ2v) is 2.84. The molecule has 0 atom stereocenters. The lowest BCUT2D eigenvalue weighted by Gasteiger charge is -2.01. The van der Waals surface area contributed by atoms with Gasteiger partial charge < -0.3 is 0 Å². The summed E-state index contributed by atoms with van der Waals surface area (Å²) in [6.45, 7) is 0. The van der Waals surface area contributed by atoms with Crippen molar-refractivity contribution in [3.05, 3.63) is 60.2 Å². The standard InChI is InChI=1S/C13H7O/c14-10-12-8-4-5-9-13(12)11-6-2-1-3-7-11/h1-6,9H. The van der Waals surface area contributed by atoms with Gasteiger partial charge in [-0.05, 0) is 23.3 Å². The Morgan fingerprint density at radius 2 is 1.86 bits per heavy atom. The Hall–Kier alpha value is -1.89. The monoisotopic (exact) mass is 179 g/mol. The number of rotatable bonds is 2. The van der Waals surface area contributed by atoms with Crippen LogP contribution in [-0.4, -0.2) is 6.29 Å². The molecule has 0 N–H and O–H groups in total. The molecule has 2 aromatic carbocycles. The number of carbonyl (C=O) groups excluding carboxylic acids is 1. The number of hydrogen-bond acceptors (Lipinski definition) is 1. The average molecular weight is 179 g/mol. The van der Waals surface area contributed by atoms with E-state index >= 15 is 0 Å². The third-order valence-electron chi connectivity index (χ3n) is 1.96. The molecule has 0 bridgehead atoms. The Labute approximate surface area is 83.0 Å². The molecule has 1 heteroatoms. The highest BCUT2D eigenvalue weighted by Crippen LogP contribution is 2.20. The zero-order valence-corrected chi connectivity index (χ0v) is 7.45. The fourth-order valence-electron chi connectivity index (χ4n) is 1.31. The Morgan fingerprint density at radius 1 is 1.00 bits per heavy atom. The van der Waals surface area contributed by atoms with Crippen LogP contribution in [0.5, 0.6) is 0 Å². The van der Waals surface area contributed by atoms with E-state index < -0.39 is 0 Å². The second-order valence-electron chi connectivity index (χ2n) is 2.84. The minimum atomic E-state index is 0.454. The molecule has 0 aliphatic heterocycles. The molecule has 0 saturated heterocycles. The molecule has 2 rings (SSSR count). The molecule has 0 aliphatic rings. The van der Waals surface area contributed by atoms with Gasteiger partial charge >= 0.3 is 0 Å². The van der Waals surface area contributed by atoms with Crippen LogP contribution in [0.2, 0.25) is 0 Å². The SMILES string of the molecule is O=[C]c1[c]cccc1-c1[c]cccc1. The summed E-state index contributed by atoms with van der Waals surface area (Å²) in [5.74, 6) is 0. The van der Waals surface area contributed by atoms with Gasteiger partial charge in [0, 0.05) is 5.56 Å². The van der Waals surface area contributed by atoms with Crippen molar-refractivity contribution in [2.24, 2.45) is 0 Å². The van der Waals surface area contributed by atoms with Crippen LogP contribution in [0.25, 0.3) is 11.1 Å². The van der Waals surface area contributed by atoms with Gasteiger partial charge in [0.05, 0.1) is 0 Å². The van der Waals surface area contributed by atoms with Crippen molar-refractivity contribution in [1.29, 1.82) is 0 Å². The lowest BCUT2D eigenvalue weighted by atomic mass is 10.0. The van der Waals surface area contributed by atoms with Gasteiger partial charge in [0.25, 0.3) is 0 Å². The first-order chi connectivity index (χ1) is 6.92. The topological polar surface area (TPSA) is 17.1 Å². The van der Waals surface area contributed by atoms with E-state index in [-0.39, 0.29) is 0 Å². The van der Waals surface area contributed by atoms with Crippen LogP contribution in [0, 0.1) is 12.1 Å². The minimum Gasteiger partial charge on any atom is -0.285 e. The van der Waals surface area contributed by atoms with E-state index in [2.05, 4.69) is 12.1 Å². The summed E-state index contributed by atoms with van der Waals surface area (Å²) >= 11 is 0. The van der Waals surface area contributed by atoms with E-state index in [1.54, 1.807) is 6.07 Å². The summed E-state index contributed by atoms with van der Waals surface area (Å²) in [6.07, 6.45) is 1.87. The third-order valence-corrected chi connectivity index (χ3v) is 1.96. The summed E-state index contributed by atoms with van der Waals surface area (Å²) in [5.41, 5.74) is 2.17. The van der Waals surface area contributed by atoms with Gasteiger partial charge in [-0.25, -0.2) is 0 Å². The van der Waals surface area contributed by atoms with E-state index in [9.17, 15) is 4.79 Å². The van der Waals surface area contributed by atoms with Crippen molar-refractivity contribution in [2.45, 2.75) is 0 Å². The van der Waals surface area contributed by atoms with Crippen molar-refractivity contribution in [3.8, 4) is 11.1 Å². The van der Waals surface area contributed by atoms with Crippen LogP contribution in [0.15, 0.2) is 42.5 Å². The maximum atomic E-state index is 10.6. The molecule has 1 nitrogen and oxygen atoms in total. The van der Waals surface area contributed by atoms with Gasteiger partial charge in [-0.15, -0.1) is 0 Å². The van der Waals surface area contributed by atoms with Crippen LogP contribution in [0.3, 0.4) is 0 Å². The summed E-state index contributed by atoms with van der Waals surface area (Å²) in [5, 5.41) is 0. The fraction of sp³-hybridized carbons (Fsp3) is 0. The summed E-state index contributed by atoms with van der Waals surface area (Å²) in [6, 6.07) is 18.8. The van der Waals surface area contributed by atoms with Gasteiger partial charge in [0.2, 0.25) is 6.29 Å². The summed E-state index contributed by atoms with van der Waals surface area (Å²) < 4.78 is 0. The smallest absolute Gasteiger partial charge is 0.234 e. The van der Waals surface area contributed by atoms with Gasteiger partial charge in [-0.2, -0.15) is 0 Å². The zero-order chi connectivity index (χ0) is 9.80. The molecular weight excluding hydrogens is 172 g/mol. The molecule has 65 valence electrons. The summed E-state index contributed by atoms with van der Waals surface area (Å²) in [4.78, 5) is 10.6. The van der Waals surface area contributed by atoms with Crippen LogP contribution in [0.4, 0.5) is 0 Å². The Kier molecular flexibility index (Phi) is 2.41. The lowest BCUT2D eigenvalue weighted by molar-refractivity contribution is 0.563. The van der Waals surface area contributed by atoms with E-state index in [1.807, 2.05) is 42.7 Å². The fourth-order valence-corrected chi connectivity index (χ4v) is 1.31. The molecule has 14 heavy (non-hydrogen) atoms. The van der Waals surface area contributed by atoms with Crippen LogP contribution >= 0.6 is 0 Å². The molecule has 2 aromatic rings. The molecular formula is C13H7O. The quantitative estimate of drug-likeness (QED) is 0.691. The second kappa shape index (κ2) is 3.88. The van der Waals surface area contributed by atoms with E-state index in [4.69, 9.17) is 0 Å². The first-order valence-electron chi connectivity index (χ1n) is 4.28. The highest BCUT2D eigenvalue weighted by molar-refractivity contribution is 5.87. The van der Waals surface area contributed by atoms with Gasteiger partial charge in [0.1, 0.15) is 0 Å². The Morgan fingerprint density at radius 3 is 2.57 bits per heavy atom.